The summed E-state index contributed by atoms with van der Waals surface area (Å²) in [5.74, 6) is -0.0474. The standard InChI is InChI=1S/C19H19N3O2S/c1-3-4-16-10-7-15(11-20)19(22-16)25-12-18(24)21-17-8-5-14(6-9-17)13(2)23/h5-10H,3-4,12H2,1-2H3,(H,21,24). The highest BCUT2D eigenvalue weighted by molar-refractivity contribution is 8.00. The van der Waals surface area contributed by atoms with Gasteiger partial charge >= 0.3 is 0 Å². The van der Waals surface area contributed by atoms with Gasteiger partial charge in [0.15, 0.2) is 5.78 Å². The molecule has 0 aliphatic carbocycles. The highest BCUT2D eigenvalue weighted by Gasteiger charge is 2.10. The number of nitrogens with one attached hydrogen (secondary N) is 1. The number of aryl methyl sites for hydroxylation is 1. The molecule has 1 aromatic carbocycles. The molecule has 0 radical (unpaired) electrons. The molecule has 1 aromatic heterocycles. The van der Waals surface area contributed by atoms with E-state index in [0.717, 1.165) is 18.5 Å². The number of nitriles is 1. The number of anilines is 1. The third-order valence-corrected chi connectivity index (χ3v) is 4.45. The monoisotopic (exact) mass is 353 g/mol. The zero-order chi connectivity index (χ0) is 18.2. The summed E-state index contributed by atoms with van der Waals surface area (Å²) in [6.45, 7) is 3.56. The maximum Gasteiger partial charge on any atom is 0.234 e. The number of carbonyl (C=O) groups is 2. The SMILES string of the molecule is CCCc1ccc(C#N)c(SCC(=O)Nc2ccc(C(C)=O)cc2)n1. The highest BCUT2D eigenvalue weighted by atomic mass is 32.2. The lowest BCUT2D eigenvalue weighted by molar-refractivity contribution is -0.113. The maximum atomic E-state index is 12.1. The van der Waals surface area contributed by atoms with E-state index in [0.29, 0.717) is 21.8 Å². The molecule has 0 aliphatic rings. The Kier molecular flexibility index (Phi) is 6.72. The largest absolute Gasteiger partial charge is 0.325 e. The number of rotatable bonds is 7. The van der Waals surface area contributed by atoms with Gasteiger partial charge in [0.05, 0.1) is 11.3 Å². The molecule has 0 saturated heterocycles. The molecule has 2 rings (SSSR count). The van der Waals surface area contributed by atoms with E-state index in [-0.39, 0.29) is 17.4 Å². The fourth-order valence-electron chi connectivity index (χ4n) is 2.19. The molecular weight excluding hydrogens is 334 g/mol. The summed E-state index contributed by atoms with van der Waals surface area (Å²) in [5.41, 5.74) is 2.62. The van der Waals surface area contributed by atoms with Gasteiger partial charge in [0, 0.05) is 16.9 Å². The molecule has 6 heteroatoms. The van der Waals surface area contributed by atoms with Crippen molar-refractivity contribution in [1.29, 1.82) is 5.26 Å². The van der Waals surface area contributed by atoms with Crippen LogP contribution in [0.15, 0.2) is 41.4 Å². The van der Waals surface area contributed by atoms with Crippen LogP contribution in [0.5, 0.6) is 0 Å². The first-order chi connectivity index (χ1) is 12.0. The van der Waals surface area contributed by atoms with E-state index in [1.807, 2.05) is 6.07 Å². The average molecular weight is 353 g/mol. The zero-order valence-electron chi connectivity index (χ0n) is 14.2. The summed E-state index contributed by atoms with van der Waals surface area (Å²) in [4.78, 5) is 27.8. The van der Waals surface area contributed by atoms with Gasteiger partial charge in [-0.05, 0) is 49.7 Å². The molecule has 0 bridgehead atoms. The smallest absolute Gasteiger partial charge is 0.234 e. The number of benzene rings is 1. The molecule has 0 unspecified atom stereocenters. The van der Waals surface area contributed by atoms with E-state index in [2.05, 4.69) is 23.3 Å². The van der Waals surface area contributed by atoms with Gasteiger partial charge in [-0.2, -0.15) is 5.26 Å². The van der Waals surface area contributed by atoms with Crippen molar-refractivity contribution < 1.29 is 9.59 Å². The van der Waals surface area contributed by atoms with Gasteiger partial charge < -0.3 is 5.32 Å². The first-order valence-electron chi connectivity index (χ1n) is 7.97. The highest BCUT2D eigenvalue weighted by Crippen LogP contribution is 2.21. The molecule has 1 heterocycles. The lowest BCUT2D eigenvalue weighted by Gasteiger charge is -2.07. The summed E-state index contributed by atoms with van der Waals surface area (Å²) in [6.07, 6.45) is 1.81. The third-order valence-electron chi connectivity index (χ3n) is 3.46. The Morgan fingerprint density at radius 1 is 1.20 bits per heavy atom. The van der Waals surface area contributed by atoms with E-state index in [9.17, 15) is 14.9 Å². The van der Waals surface area contributed by atoms with Gasteiger partial charge in [-0.25, -0.2) is 4.98 Å². The average Bonchev–Trinajstić information content (AvgIpc) is 2.61. The minimum absolute atomic E-state index is 0.0181. The van der Waals surface area contributed by atoms with Gasteiger partial charge in [0.2, 0.25) is 5.91 Å². The Morgan fingerprint density at radius 2 is 1.92 bits per heavy atom. The van der Waals surface area contributed by atoms with Gasteiger partial charge in [-0.15, -0.1) is 0 Å². The van der Waals surface area contributed by atoms with Gasteiger partial charge in [-0.3, -0.25) is 9.59 Å². The number of nitrogens with zero attached hydrogens (tertiary/aromatic N) is 2. The predicted molar refractivity (Wildman–Crippen MR) is 98.7 cm³/mol. The molecule has 0 aliphatic heterocycles. The zero-order valence-corrected chi connectivity index (χ0v) is 15.0. The summed E-state index contributed by atoms with van der Waals surface area (Å²) in [6, 6.07) is 12.4. The predicted octanol–water partition coefficient (Wildman–Crippen LogP) is 3.84. The van der Waals surface area contributed by atoms with E-state index >= 15 is 0 Å². The number of hydrogen-bond acceptors (Lipinski definition) is 5. The van der Waals surface area contributed by atoms with Crippen molar-refractivity contribution in [2.75, 3.05) is 11.1 Å². The summed E-state index contributed by atoms with van der Waals surface area (Å²) >= 11 is 1.25. The van der Waals surface area contributed by atoms with E-state index in [1.165, 1.54) is 18.7 Å². The van der Waals surface area contributed by atoms with Crippen molar-refractivity contribution >= 4 is 29.1 Å². The van der Waals surface area contributed by atoms with Crippen molar-refractivity contribution in [1.82, 2.24) is 4.98 Å². The molecule has 5 nitrogen and oxygen atoms in total. The van der Waals surface area contributed by atoms with Crippen molar-refractivity contribution in [3.05, 3.63) is 53.2 Å². The molecule has 2 aromatic rings. The number of hydrogen-bond donors (Lipinski definition) is 1. The molecule has 25 heavy (non-hydrogen) atoms. The Labute approximate surface area is 151 Å². The first-order valence-corrected chi connectivity index (χ1v) is 8.95. The Bertz CT molecular complexity index is 810. The van der Waals surface area contributed by atoms with Crippen LogP contribution in [0, 0.1) is 11.3 Å². The Balaban J connectivity index is 1.98. The van der Waals surface area contributed by atoms with E-state index < -0.39 is 0 Å². The van der Waals surface area contributed by atoms with E-state index in [4.69, 9.17) is 0 Å². The number of aromatic nitrogens is 1. The number of amides is 1. The van der Waals surface area contributed by atoms with Gasteiger partial charge in [0.25, 0.3) is 0 Å². The van der Waals surface area contributed by atoms with Crippen LogP contribution in [0.25, 0.3) is 0 Å². The second-order valence-electron chi connectivity index (χ2n) is 5.49. The van der Waals surface area contributed by atoms with Crippen LogP contribution in [0.2, 0.25) is 0 Å². The molecule has 1 N–H and O–H groups in total. The van der Waals surface area contributed by atoms with Crippen LogP contribution in [-0.4, -0.2) is 22.4 Å². The lowest BCUT2D eigenvalue weighted by Crippen LogP contribution is -2.14. The molecule has 0 fully saturated rings. The number of Topliss-reactive ketones (excluding diaryl/α,β-unsaturated/α-hetero) is 1. The van der Waals surface area contributed by atoms with Gasteiger partial charge in [0.1, 0.15) is 11.1 Å². The fraction of sp³-hybridized carbons (Fsp3) is 0.263. The minimum atomic E-state index is -0.188. The molecule has 128 valence electrons. The molecule has 0 atom stereocenters. The van der Waals surface area contributed by atoms with Crippen LogP contribution in [0.1, 0.15) is 41.9 Å². The molecule has 1 amide bonds. The van der Waals surface area contributed by atoms with Crippen molar-refractivity contribution in [3.8, 4) is 6.07 Å². The number of pyridine rings is 1. The van der Waals surface area contributed by atoms with Crippen molar-refractivity contribution in [3.63, 3.8) is 0 Å². The van der Waals surface area contributed by atoms with Crippen LogP contribution in [0.3, 0.4) is 0 Å². The van der Waals surface area contributed by atoms with Gasteiger partial charge in [-0.1, -0.05) is 25.1 Å². The van der Waals surface area contributed by atoms with Crippen LogP contribution < -0.4 is 5.32 Å². The topological polar surface area (TPSA) is 82.9 Å². The van der Waals surface area contributed by atoms with Crippen LogP contribution in [0.4, 0.5) is 5.69 Å². The van der Waals surface area contributed by atoms with Crippen molar-refractivity contribution in [2.45, 2.75) is 31.7 Å². The number of carbonyl (C=O) groups excluding carboxylic acids is 2. The van der Waals surface area contributed by atoms with Crippen molar-refractivity contribution in [2.24, 2.45) is 0 Å². The minimum Gasteiger partial charge on any atom is -0.325 e. The summed E-state index contributed by atoms with van der Waals surface area (Å²) < 4.78 is 0. The summed E-state index contributed by atoms with van der Waals surface area (Å²) in [5, 5.41) is 12.5. The quantitative estimate of drug-likeness (QED) is 0.604. The lowest BCUT2D eigenvalue weighted by atomic mass is 10.1. The third kappa shape index (κ3) is 5.44. The second kappa shape index (κ2) is 9.00. The van der Waals surface area contributed by atoms with Crippen LogP contribution >= 0.6 is 11.8 Å². The Hall–Kier alpha value is -2.65. The fourth-order valence-corrected chi connectivity index (χ4v) is 2.98. The molecule has 0 spiro atoms. The second-order valence-corrected chi connectivity index (χ2v) is 6.45. The first kappa shape index (κ1) is 18.7. The van der Waals surface area contributed by atoms with Crippen LogP contribution in [-0.2, 0) is 11.2 Å². The summed E-state index contributed by atoms with van der Waals surface area (Å²) in [7, 11) is 0. The molecule has 0 saturated carbocycles. The number of thioether (sulfide) groups is 1. The molecular formula is C19H19N3O2S. The Morgan fingerprint density at radius 3 is 2.52 bits per heavy atom. The maximum absolute atomic E-state index is 12.1. The number of ketones is 1. The van der Waals surface area contributed by atoms with E-state index in [1.54, 1.807) is 30.3 Å². The normalized spacial score (nSPS) is 10.1.